The Balaban J connectivity index is 1.09. The Bertz CT molecular complexity index is 1010. The zero-order chi connectivity index (χ0) is 35.1. The van der Waals surface area contributed by atoms with E-state index in [4.69, 9.17) is 4.74 Å². The van der Waals surface area contributed by atoms with Gasteiger partial charge in [-0.2, -0.15) is 0 Å². The van der Waals surface area contributed by atoms with Gasteiger partial charge in [0, 0.05) is 12.5 Å². The van der Waals surface area contributed by atoms with E-state index in [1.807, 2.05) is 0 Å². The Morgan fingerprint density at radius 3 is 2.04 bits per heavy atom. The lowest BCUT2D eigenvalue weighted by molar-refractivity contribution is -0.145. The smallest absolute Gasteiger partial charge is 0.330 e. The van der Waals surface area contributed by atoms with Gasteiger partial charge in [0.2, 0.25) is 0 Å². The first kappa shape index (κ1) is 40.7. The molecule has 4 aliphatic carbocycles. The molecule has 8 atom stereocenters. The molecule has 0 amide bonds. The van der Waals surface area contributed by atoms with Gasteiger partial charge in [0.15, 0.2) is 0 Å². The lowest BCUT2D eigenvalue weighted by Crippen LogP contribution is -2.51. The Hall–Kier alpha value is -1.05. The fraction of sp³-hybridized carbons (Fsp3) is 0.894. The average molecular weight is 679 g/mol. The van der Waals surface area contributed by atoms with E-state index in [0.29, 0.717) is 10.8 Å². The third-order valence-electron chi connectivity index (χ3n) is 14.8. The largest absolute Gasteiger partial charge is 0.459 e. The summed E-state index contributed by atoms with van der Waals surface area (Å²) in [6.07, 6.45) is 42.8. The van der Waals surface area contributed by atoms with Crippen LogP contribution in [0.15, 0.2) is 23.8 Å². The number of rotatable bonds is 23. The predicted octanol–water partition coefficient (Wildman–Crippen LogP) is 14.8. The van der Waals surface area contributed by atoms with Crippen molar-refractivity contribution in [2.45, 2.75) is 221 Å². The number of allylic oxidation sites excluding steroid dienone is 2. The van der Waals surface area contributed by atoms with E-state index >= 15 is 0 Å². The molecule has 0 N–H and O–H groups in total. The van der Waals surface area contributed by atoms with Crippen molar-refractivity contribution >= 4 is 5.97 Å². The molecule has 49 heavy (non-hydrogen) atoms. The highest BCUT2D eigenvalue weighted by Crippen LogP contribution is 2.67. The molecule has 0 saturated heterocycles. The monoisotopic (exact) mass is 679 g/mol. The molecule has 4 rings (SSSR count). The maximum atomic E-state index is 12.8. The molecule has 2 heteroatoms. The first-order valence-corrected chi connectivity index (χ1v) is 22.3. The Morgan fingerprint density at radius 2 is 1.41 bits per heavy atom. The number of ether oxygens (including phenoxy) is 1. The van der Waals surface area contributed by atoms with Gasteiger partial charge in [0.1, 0.15) is 6.10 Å². The molecule has 4 aliphatic rings. The van der Waals surface area contributed by atoms with E-state index in [0.717, 1.165) is 54.8 Å². The highest BCUT2D eigenvalue weighted by molar-refractivity contribution is 5.82. The normalized spacial score (nSPS) is 31.7. The van der Waals surface area contributed by atoms with Crippen LogP contribution >= 0.6 is 0 Å². The van der Waals surface area contributed by atoms with Gasteiger partial charge in [-0.05, 0) is 104 Å². The van der Waals surface area contributed by atoms with Crippen molar-refractivity contribution in [1.82, 2.24) is 0 Å². The Morgan fingerprint density at radius 1 is 0.776 bits per heavy atom. The quantitative estimate of drug-likeness (QED) is 0.0465. The third kappa shape index (κ3) is 11.7. The minimum absolute atomic E-state index is 0.0650. The summed E-state index contributed by atoms with van der Waals surface area (Å²) in [5.41, 5.74) is 2.49. The molecule has 0 radical (unpaired) electrons. The van der Waals surface area contributed by atoms with Crippen molar-refractivity contribution in [3.63, 3.8) is 0 Å². The molecule has 0 spiro atoms. The van der Waals surface area contributed by atoms with Gasteiger partial charge < -0.3 is 4.74 Å². The van der Waals surface area contributed by atoms with Crippen molar-refractivity contribution in [2.24, 2.45) is 46.3 Å². The summed E-state index contributed by atoms with van der Waals surface area (Å²) in [6.45, 7) is 14.9. The standard InChI is InChI=1S/C47H82O2/c1-7-8-9-10-11-12-13-14-15-16-17-18-19-20-21-22-23-27-45(48)49-40-32-34-46(5)39(36-40)28-29-41-43-31-30-42(38(4)26-24-25-37(2)3)47(43,6)35-33-44(41)46/h23,27-28,37-38,40-44H,7-22,24-26,29-36H2,1-6H3/t38-,40+,41+,42-,43+,44+,46+,47-/m1/s1. The summed E-state index contributed by atoms with van der Waals surface area (Å²) < 4.78 is 6.06. The molecule has 282 valence electrons. The van der Waals surface area contributed by atoms with Crippen LogP contribution in [0.5, 0.6) is 0 Å². The van der Waals surface area contributed by atoms with Gasteiger partial charge in [0.05, 0.1) is 0 Å². The first-order valence-electron chi connectivity index (χ1n) is 22.3. The average Bonchev–Trinajstić information content (AvgIpc) is 3.43. The van der Waals surface area contributed by atoms with Gasteiger partial charge in [-0.15, -0.1) is 0 Å². The molecular formula is C47H82O2. The minimum Gasteiger partial charge on any atom is -0.459 e. The van der Waals surface area contributed by atoms with E-state index in [1.54, 1.807) is 11.6 Å². The topological polar surface area (TPSA) is 26.3 Å². The summed E-state index contributed by atoms with van der Waals surface area (Å²) >= 11 is 0. The Labute approximate surface area is 305 Å². The molecule has 3 saturated carbocycles. The lowest BCUT2D eigenvalue weighted by Gasteiger charge is -2.58. The van der Waals surface area contributed by atoms with E-state index in [9.17, 15) is 4.79 Å². The van der Waals surface area contributed by atoms with Crippen LogP contribution in [0, 0.1) is 46.3 Å². The number of fused-ring (bicyclic) bond motifs is 5. The molecular weight excluding hydrogens is 597 g/mol. The molecule has 2 nitrogen and oxygen atoms in total. The van der Waals surface area contributed by atoms with Crippen LogP contribution in [0.2, 0.25) is 0 Å². The summed E-state index contributed by atoms with van der Waals surface area (Å²) in [4.78, 5) is 12.8. The maximum Gasteiger partial charge on any atom is 0.330 e. The number of hydrogen-bond donors (Lipinski definition) is 0. The van der Waals surface area contributed by atoms with Crippen LogP contribution in [0.3, 0.4) is 0 Å². The summed E-state index contributed by atoms with van der Waals surface area (Å²) in [5.74, 6) is 5.11. The highest BCUT2D eigenvalue weighted by Gasteiger charge is 2.59. The van der Waals surface area contributed by atoms with E-state index < -0.39 is 0 Å². The number of hydrogen-bond acceptors (Lipinski definition) is 2. The van der Waals surface area contributed by atoms with Crippen molar-refractivity contribution in [3.8, 4) is 0 Å². The SMILES string of the molecule is CCCCCCCCCCCCCCCCCC=CC(=O)O[C@H]1CC[C@@]2(C)C(=CC[C@H]3[C@@H]4CC[C@H]([C@H](C)CCCC(C)C)[C@@]4(C)CC[C@@H]32)C1. The van der Waals surface area contributed by atoms with Crippen molar-refractivity contribution in [2.75, 3.05) is 0 Å². The molecule has 0 bridgehead atoms. The second-order valence-electron chi connectivity index (χ2n) is 18.7. The third-order valence-corrected chi connectivity index (χ3v) is 14.8. The zero-order valence-electron chi connectivity index (χ0n) is 33.7. The Kier molecular flexibility index (Phi) is 17.3. The van der Waals surface area contributed by atoms with Crippen molar-refractivity contribution < 1.29 is 9.53 Å². The van der Waals surface area contributed by atoms with E-state index in [1.165, 1.54) is 154 Å². The maximum absolute atomic E-state index is 12.8. The number of unbranched alkanes of at least 4 members (excludes halogenated alkanes) is 15. The highest BCUT2D eigenvalue weighted by atomic mass is 16.5. The molecule has 0 aromatic rings. The number of carbonyl (C=O) groups excluding carboxylic acids is 1. The molecule has 0 aromatic heterocycles. The second-order valence-corrected chi connectivity index (χ2v) is 18.7. The van der Waals surface area contributed by atoms with Crippen LogP contribution in [-0.4, -0.2) is 12.1 Å². The van der Waals surface area contributed by atoms with Gasteiger partial charge in [0.25, 0.3) is 0 Å². The molecule has 0 aliphatic heterocycles. The van der Waals surface area contributed by atoms with Gasteiger partial charge >= 0.3 is 5.97 Å². The van der Waals surface area contributed by atoms with Crippen LogP contribution in [0.1, 0.15) is 215 Å². The van der Waals surface area contributed by atoms with E-state index in [-0.39, 0.29) is 12.1 Å². The van der Waals surface area contributed by atoms with Crippen LogP contribution in [-0.2, 0) is 9.53 Å². The van der Waals surface area contributed by atoms with Gasteiger partial charge in [-0.1, -0.05) is 168 Å². The molecule has 0 heterocycles. The van der Waals surface area contributed by atoms with Crippen molar-refractivity contribution in [1.29, 1.82) is 0 Å². The summed E-state index contributed by atoms with van der Waals surface area (Å²) in [7, 11) is 0. The van der Waals surface area contributed by atoms with Crippen LogP contribution in [0.25, 0.3) is 0 Å². The van der Waals surface area contributed by atoms with Gasteiger partial charge in [-0.25, -0.2) is 4.79 Å². The second kappa shape index (κ2) is 20.9. The van der Waals surface area contributed by atoms with Crippen LogP contribution in [0.4, 0.5) is 0 Å². The van der Waals surface area contributed by atoms with Crippen LogP contribution < -0.4 is 0 Å². The number of carbonyl (C=O) groups is 1. The fourth-order valence-electron chi connectivity index (χ4n) is 11.8. The first-order chi connectivity index (χ1) is 23.7. The van der Waals surface area contributed by atoms with Crippen molar-refractivity contribution in [3.05, 3.63) is 23.8 Å². The number of esters is 1. The van der Waals surface area contributed by atoms with E-state index in [2.05, 4.69) is 53.7 Å². The summed E-state index contributed by atoms with van der Waals surface area (Å²) in [6, 6.07) is 0. The minimum atomic E-state index is -0.114. The molecule has 3 fully saturated rings. The molecule has 0 aromatic carbocycles. The summed E-state index contributed by atoms with van der Waals surface area (Å²) in [5, 5.41) is 0. The molecule has 0 unspecified atom stereocenters. The zero-order valence-corrected chi connectivity index (χ0v) is 33.7. The van der Waals surface area contributed by atoms with Gasteiger partial charge in [-0.3, -0.25) is 0 Å². The lowest BCUT2D eigenvalue weighted by atomic mass is 9.47. The predicted molar refractivity (Wildman–Crippen MR) is 212 cm³/mol. The fourth-order valence-corrected chi connectivity index (χ4v) is 11.8.